The van der Waals surface area contributed by atoms with Crippen LogP contribution in [0.4, 0.5) is 21.5 Å². The summed E-state index contributed by atoms with van der Waals surface area (Å²) >= 11 is 0. The fourth-order valence-electron chi connectivity index (χ4n) is 4.06. The summed E-state index contributed by atoms with van der Waals surface area (Å²) in [4.78, 5) is 27.4. The van der Waals surface area contributed by atoms with Crippen LogP contribution < -0.4 is 15.5 Å². The summed E-state index contributed by atoms with van der Waals surface area (Å²) in [6.07, 6.45) is 4.80. The predicted molar refractivity (Wildman–Crippen MR) is 108 cm³/mol. The Bertz CT molecular complexity index is 891. The number of hydrogen-bond acceptors (Lipinski definition) is 3. The van der Waals surface area contributed by atoms with E-state index >= 15 is 0 Å². The van der Waals surface area contributed by atoms with E-state index in [2.05, 4.69) is 15.5 Å². The first-order valence-electron chi connectivity index (χ1n) is 9.86. The van der Waals surface area contributed by atoms with Crippen molar-refractivity contribution in [2.24, 2.45) is 0 Å². The first-order valence-corrected chi connectivity index (χ1v) is 9.86. The van der Waals surface area contributed by atoms with Gasteiger partial charge in [-0.3, -0.25) is 9.59 Å². The highest BCUT2D eigenvalue weighted by molar-refractivity contribution is 6.06. The molecule has 0 spiro atoms. The van der Waals surface area contributed by atoms with E-state index in [0.717, 1.165) is 37.3 Å². The van der Waals surface area contributed by atoms with Gasteiger partial charge in [-0.15, -0.1) is 0 Å². The minimum absolute atomic E-state index is 0.0519. The molecule has 0 saturated carbocycles. The molecule has 2 aliphatic rings. The van der Waals surface area contributed by atoms with Crippen LogP contribution in [0.3, 0.4) is 0 Å². The number of hydrogen-bond donors (Lipinski definition) is 2. The van der Waals surface area contributed by atoms with E-state index in [1.54, 1.807) is 6.07 Å². The molecule has 2 N–H and O–H groups in total. The van der Waals surface area contributed by atoms with Crippen molar-refractivity contribution < 1.29 is 14.0 Å². The summed E-state index contributed by atoms with van der Waals surface area (Å²) in [6, 6.07) is 12.0. The van der Waals surface area contributed by atoms with E-state index in [1.165, 1.54) is 25.0 Å². The Kier molecular flexibility index (Phi) is 5.28. The second-order valence-corrected chi connectivity index (χ2v) is 7.44. The average Bonchev–Trinajstić information content (AvgIpc) is 2.96. The third-order valence-corrected chi connectivity index (χ3v) is 5.48. The molecule has 146 valence electrons. The van der Waals surface area contributed by atoms with Gasteiger partial charge in [-0.25, -0.2) is 4.39 Å². The monoisotopic (exact) mass is 381 g/mol. The van der Waals surface area contributed by atoms with Crippen LogP contribution in [-0.4, -0.2) is 24.9 Å². The second kappa shape index (κ2) is 8.00. The lowest BCUT2D eigenvalue weighted by atomic mass is 9.89. The Morgan fingerprint density at radius 3 is 2.61 bits per heavy atom. The molecule has 0 radical (unpaired) electrons. The van der Waals surface area contributed by atoms with Gasteiger partial charge >= 0.3 is 0 Å². The molecule has 0 aliphatic carbocycles. The minimum atomic E-state index is -0.637. The van der Waals surface area contributed by atoms with E-state index in [1.807, 2.05) is 24.3 Å². The van der Waals surface area contributed by atoms with Crippen molar-refractivity contribution in [1.29, 1.82) is 0 Å². The van der Waals surface area contributed by atoms with Gasteiger partial charge in [-0.05, 0) is 42.7 Å². The number of nitrogens with one attached hydrogen (secondary N) is 2. The zero-order chi connectivity index (χ0) is 19.5. The van der Waals surface area contributed by atoms with Gasteiger partial charge in [0.05, 0.1) is 17.3 Å². The van der Waals surface area contributed by atoms with Crippen LogP contribution in [-0.2, 0) is 9.59 Å². The van der Waals surface area contributed by atoms with Crippen molar-refractivity contribution in [3.05, 3.63) is 53.8 Å². The number of nitrogens with zero attached hydrogens (tertiary/aromatic N) is 1. The molecule has 6 heteroatoms. The molecule has 1 atom stereocenters. The molecule has 1 unspecified atom stereocenters. The minimum Gasteiger partial charge on any atom is -0.370 e. The van der Waals surface area contributed by atoms with Gasteiger partial charge < -0.3 is 15.5 Å². The van der Waals surface area contributed by atoms with E-state index in [4.69, 9.17) is 0 Å². The molecule has 2 aromatic carbocycles. The molecule has 2 heterocycles. The summed E-state index contributed by atoms with van der Waals surface area (Å²) in [5, 5.41) is 5.67. The highest BCUT2D eigenvalue weighted by Gasteiger charge is 2.31. The maximum Gasteiger partial charge on any atom is 0.232 e. The van der Waals surface area contributed by atoms with Gasteiger partial charge in [0, 0.05) is 25.2 Å². The van der Waals surface area contributed by atoms with Crippen LogP contribution >= 0.6 is 0 Å². The number of carbonyl (C=O) groups is 2. The lowest BCUT2D eigenvalue weighted by molar-refractivity contribution is -0.123. The molecule has 2 aromatic rings. The number of rotatable bonds is 3. The second-order valence-electron chi connectivity index (χ2n) is 7.44. The lowest BCUT2D eigenvalue weighted by Crippen LogP contribution is -2.32. The number of amides is 2. The van der Waals surface area contributed by atoms with Crippen LogP contribution in [0.25, 0.3) is 0 Å². The number of halogens is 1. The highest BCUT2D eigenvalue weighted by atomic mass is 19.1. The van der Waals surface area contributed by atoms with Crippen LogP contribution in [0.15, 0.2) is 42.5 Å². The molecule has 2 amide bonds. The molecule has 0 bridgehead atoms. The molecular formula is C22H24FN3O2. The predicted octanol–water partition coefficient (Wildman–Crippen LogP) is 4.27. The van der Waals surface area contributed by atoms with Gasteiger partial charge in [0.15, 0.2) is 0 Å². The van der Waals surface area contributed by atoms with Crippen LogP contribution in [0.1, 0.15) is 43.6 Å². The molecule has 4 rings (SSSR count). The van der Waals surface area contributed by atoms with Gasteiger partial charge in [0.1, 0.15) is 5.82 Å². The molecule has 2 aliphatic heterocycles. The zero-order valence-electron chi connectivity index (χ0n) is 15.7. The fraction of sp³-hybridized carbons (Fsp3) is 0.364. The van der Waals surface area contributed by atoms with E-state index < -0.39 is 11.7 Å². The molecule has 5 nitrogen and oxygen atoms in total. The number of para-hydroxylation sites is 2. The van der Waals surface area contributed by atoms with Gasteiger partial charge in [0.25, 0.3) is 0 Å². The number of benzene rings is 2. The van der Waals surface area contributed by atoms with Crippen molar-refractivity contribution in [3.8, 4) is 0 Å². The van der Waals surface area contributed by atoms with Crippen LogP contribution in [0, 0.1) is 5.82 Å². The summed E-state index contributed by atoms with van der Waals surface area (Å²) < 4.78 is 13.5. The first-order chi connectivity index (χ1) is 13.6. The number of anilines is 3. The number of fused-ring (bicyclic) bond motifs is 1. The molecule has 1 fully saturated rings. The van der Waals surface area contributed by atoms with Crippen LogP contribution in [0.5, 0.6) is 0 Å². The molecule has 0 aromatic heterocycles. The van der Waals surface area contributed by atoms with Crippen molar-refractivity contribution in [2.75, 3.05) is 28.6 Å². The van der Waals surface area contributed by atoms with Crippen molar-refractivity contribution >= 4 is 28.9 Å². The summed E-state index contributed by atoms with van der Waals surface area (Å²) in [6.45, 7) is 1.95. The Balaban J connectivity index is 1.59. The van der Waals surface area contributed by atoms with Crippen LogP contribution in [0.2, 0.25) is 0 Å². The standard InChI is InChI=1S/C22H24FN3O2/c23-15-9-10-16-17(14-21(27)24-19(16)13-15)22(28)25-18-7-3-4-8-20(18)26-11-5-1-2-6-12-26/h3-4,7-10,13,17H,1-2,5-6,11-12,14H2,(H,24,27)(H,25,28). The maximum atomic E-state index is 13.5. The zero-order valence-corrected chi connectivity index (χ0v) is 15.7. The quantitative estimate of drug-likeness (QED) is 0.835. The van der Waals surface area contributed by atoms with Gasteiger partial charge in [0.2, 0.25) is 11.8 Å². The average molecular weight is 381 g/mol. The van der Waals surface area contributed by atoms with Crippen molar-refractivity contribution in [2.45, 2.75) is 38.0 Å². The fourth-order valence-corrected chi connectivity index (χ4v) is 4.06. The topological polar surface area (TPSA) is 61.4 Å². The SMILES string of the molecule is O=C1CC(C(=O)Nc2ccccc2N2CCCCCC2)c2ccc(F)cc2N1. The third-order valence-electron chi connectivity index (χ3n) is 5.48. The Hall–Kier alpha value is -2.89. The first kappa shape index (κ1) is 18.5. The van der Waals surface area contributed by atoms with Gasteiger partial charge in [-0.2, -0.15) is 0 Å². The smallest absolute Gasteiger partial charge is 0.232 e. The third kappa shape index (κ3) is 3.86. The molecular weight excluding hydrogens is 357 g/mol. The highest BCUT2D eigenvalue weighted by Crippen LogP contribution is 2.35. The summed E-state index contributed by atoms with van der Waals surface area (Å²) in [5.74, 6) is -1.60. The largest absolute Gasteiger partial charge is 0.370 e. The molecule has 1 saturated heterocycles. The molecule has 28 heavy (non-hydrogen) atoms. The Morgan fingerprint density at radius 2 is 1.82 bits per heavy atom. The van der Waals surface area contributed by atoms with Crippen molar-refractivity contribution in [3.63, 3.8) is 0 Å². The Labute approximate surface area is 163 Å². The summed E-state index contributed by atoms with van der Waals surface area (Å²) in [7, 11) is 0. The summed E-state index contributed by atoms with van der Waals surface area (Å²) in [5.41, 5.74) is 2.78. The Morgan fingerprint density at radius 1 is 1.07 bits per heavy atom. The van der Waals surface area contributed by atoms with E-state index in [9.17, 15) is 14.0 Å². The van der Waals surface area contributed by atoms with E-state index in [0.29, 0.717) is 11.3 Å². The van der Waals surface area contributed by atoms with Gasteiger partial charge in [-0.1, -0.05) is 31.0 Å². The van der Waals surface area contributed by atoms with E-state index in [-0.39, 0.29) is 18.2 Å². The maximum absolute atomic E-state index is 13.5. The lowest BCUT2D eigenvalue weighted by Gasteiger charge is -2.28. The van der Waals surface area contributed by atoms with Crippen molar-refractivity contribution in [1.82, 2.24) is 0 Å². The number of carbonyl (C=O) groups excluding carboxylic acids is 2. The normalized spacial score (nSPS) is 19.4.